The van der Waals surface area contributed by atoms with Crippen molar-refractivity contribution in [3.8, 4) is 5.75 Å². The smallest absolute Gasteiger partial charge is 0.126 e. The van der Waals surface area contributed by atoms with Crippen LogP contribution in [-0.4, -0.2) is 6.10 Å². The van der Waals surface area contributed by atoms with E-state index in [1.807, 2.05) is 24.3 Å². The molecule has 0 bridgehead atoms. The first-order valence-electron chi connectivity index (χ1n) is 9.66. The van der Waals surface area contributed by atoms with Crippen LogP contribution < -0.4 is 4.74 Å². The zero-order valence-electron chi connectivity index (χ0n) is 15.4. The lowest BCUT2D eigenvalue weighted by atomic mass is 10.0. The topological polar surface area (TPSA) is 9.23 Å². The molecule has 1 atom stereocenters. The number of hydrogen-bond acceptors (Lipinski definition) is 1. The number of rotatable bonds is 14. The van der Waals surface area contributed by atoms with Crippen LogP contribution in [0, 0.1) is 0 Å². The standard InChI is InChI=1S/C22H36O/c1-4-6-7-8-9-10-11-12-13-14-17-20(3)23-22-19-16-15-18-21(22)5-2/h5,15-16,18-20H,2,4,6-14,17H2,1,3H3. The molecule has 1 nitrogen and oxygen atoms in total. The summed E-state index contributed by atoms with van der Waals surface area (Å²) in [5.74, 6) is 0.960. The highest BCUT2D eigenvalue weighted by molar-refractivity contribution is 5.55. The van der Waals surface area contributed by atoms with Crippen molar-refractivity contribution < 1.29 is 4.74 Å². The van der Waals surface area contributed by atoms with Crippen LogP contribution in [0.1, 0.15) is 90.0 Å². The third kappa shape index (κ3) is 9.48. The summed E-state index contributed by atoms with van der Waals surface area (Å²) in [6, 6.07) is 8.13. The molecule has 0 aliphatic carbocycles. The molecule has 0 aromatic heterocycles. The van der Waals surface area contributed by atoms with Crippen LogP contribution in [0.2, 0.25) is 0 Å². The number of ether oxygens (including phenoxy) is 1. The van der Waals surface area contributed by atoms with E-state index < -0.39 is 0 Å². The lowest BCUT2D eigenvalue weighted by Crippen LogP contribution is -2.12. The van der Waals surface area contributed by atoms with Gasteiger partial charge in [-0.2, -0.15) is 0 Å². The fourth-order valence-corrected chi connectivity index (χ4v) is 2.95. The van der Waals surface area contributed by atoms with Gasteiger partial charge in [0.15, 0.2) is 0 Å². The molecule has 0 amide bonds. The first kappa shape index (κ1) is 19.8. The minimum atomic E-state index is 0.283. The predicted octanol–water partition coefficient (Wildman–Crippen LogP) is 7.41. The summed E-state index contributed by atoms with van der Waals surface area (Å²) >= 11 is 0. The molecule has 1 aromatic carbocycles. The second kappa shape index (κ2) is 13.2. The molecule has 0 fully saturated rings. The lowest BCUT2D eigenvalue weighted by Gasteiger charge is -2.16. The van der Waals surface area contributed by atoms with Crippen molar-refractivity contribution >= 4 is 6.08 Å². The summed E-state index contributed by atoms with van der Waals surface area (Å²) in [6.07, 6.45) is 17.1. The van der Waals surface area contributed by atoms with E-state index >= 15 is 0 Å². The summed E-state index contributed by atoms with van der Waals surface area (Å²) in [5.41, 5.74) is 1.09. The van der Waals surface area contributed by atoms with Crippen LogP contribution in [0.25, 0.3) is 6.08 Å². The molecule has 0 spiro atoms. The van der Waals surface area contributed by atoms with Gasteiger partial charge in [-0.05, 0) is 25.8 Å². The van der Waals surface area contributed by atoms with Crippen LogP contribution in [0.4, 0.5) is 0 Å². The summed E-state index contributed by atoms with van der Waals surface area (Å²) < 4.78 is 6.05. The summed E-state index contributed by atoms with van der Waals surface area (Å²) in [6.45, 7) is 8.30. The quantitative estimate of drug-likeness (QED) is 0.325. The lowest BCUT2D eigenvalue weighted by molar-refractivity contribution is 0.206. The van der Waals surface area contributed by atoms with Crippen molar-refractivity contribution in [1.82, 2.24) is 0 Å². The van der Waals surface area contributed by atoms with Crippen molar-refractivity contribution in [2.45, 2.75) is 90.6 Å². The van der Waals surface area contributed by atoms with Gasteiger partial charge in [0.1, 0.15) is 5.75 Å². The van der Waals surface area contributed by atoms with E-state index in [0.717, 1.165) is 17.7 Å². The van der Waals surface area contributed by atoms with Gasteiger partial charge in [0, 0.05) is 5.56 Å². The molecule has 0 saturated carbocycles. The highest BCUT2D eigenvalue weighted by Crippen LogP contribution is 2.21. The van der Waals surface area contributed by atoms with Crippen LogP contribution in [-0.2, 0) is 0 Å². The zero-order chi connectivity index (χ0) is 16.8. The van der Waals surface area contributed by atoms with Gasteiger partial charge in [0.05, 0.1) is 6.10 Å². The minimum Gasteiger partial charge on any atom is -0.490 e. The molecular formula is C22H36O. The van der Waals surface area contributed by atoms with Crippen LogP contribution in [0.3, 0.4) is 0 Å². The molecule has 1 aromatic rings. The maximum atomic E-state index is 6.05. The molecule has 1 unspecified atom stereocenters. The highest BCUT2D eigenvalue weighted by Gasteiger charge is 2.06. The van der Waals surface area contributed by atoms with Crippen LogP contribution >= 0.6 is 0 Å². The van der Waals surface area contributed by atoms with E-state index in [9.17, 15) is 0 Å². The van der Waals surface area contributed by atoms with Crippen LogP contribution in [0.5, 0.6) is 5.75 Å². The SMILES string of the molecule is C=Cc1ccccc1OC(C)CCCCCCCCCCCC. The van der Waals surface area contributed by atoms with Crippen molar-refractivity contribution in [3.05, 3.63) is 36.4 Å². The van der Waals surface area contributed by atoms with Crippen molar-refractivity contribution in [3.63, 3.8) is 0 Å². The summed E-state index contributed by atoms with van der Waals surface area (Å²) in [7, 11) is 0. The van der Waals surface area contributed by atoms with E-state index in [2.05, 4.69) is 26.5 Å². The van der Waals surface area contributed by atoms with Crippen molar-refractivity contribution in [2.24, 2.45) is 0 Å². The first-order valence-corrected chi connectivity index (χ1v) is 9.66. The summed E-state index contributed by atoms with van der Waals surface area (Å²) in [4.78, 5) is 0. The Labute approximate surface area is 144 Å². The Bertz CT molecular complexity index is 410. The van der Waals surface area contributed by atoms with Crippen molar-refractivity contribution in [1.29, 1.82) is 0 Å². The molecule has 23 heavy (non-hydrogen) atoms. The number of unbranched alkanes of at least 4 members (excludes halogenated alkanes) is 9. The largest absolute Gasteiger partial charge is 0.490 e. The molecular weight excluding hydrogens is 280 g/mol. The number of benzene rings is 1. The molecule has 0 heterocycles. The van der Waals surface area contributed by atoms with Gasteiger partial charge in [-0.1, -0.05) is 95.6 Å². The Kier molecular flexibility index (Phi) is 11.4. The Morgan fingerprint density at radius 2 is 1.48 bits per heavy atom. The van der Waals surface area contributed by atoms with Gasteiger partial charge >= 0.3 is 0 Å². The van der Waals surface area contributed by atoms with E-state index in [1.54, 1.807) is 0 Å². The Morgan fingerprint density at radius 1 is 0.913 bits per heavy atom. The fraction of sp³-hybridized carbons (Fsp3) is 0.636. The third-order valence-corrected chi connectivity index (χ3v) is 4.43. The Hall–Kier alpha value is -1.24. The molecule has 1 rings (SSSR count). The Balaban J connectivity index is 2.02. The average Bonchev–Trinajstić information content (AvgIpc) is 2.57. The maximum Gasteiger partial charge on any atom is 0.126 e. The third-order valence-electron chi connectivity index (χ3n) is 4.43. The Morgan fingerprint density at radius 3 is 2.09 bits per heavy atom. The van der Waals surface area contributed by atoms with Crippen molar-refractivity contribution in [2.75, 3.05) is 0 Å². The van der Waals surface area contributed by atoms with E-state index in [-0.39, 0.29) is 6.10 Å². The van der Waals surface area contributed by atoms with Gasteiger partial charge in [-0.15, -0.1) is 0 Å². The molecule has 1 heteroatoms. The minimum absolute atomic E-state index is 0.283. The predicted molar refractivity (Wildman–Crippen MR) is 103 cm³/mol. The van der Waals surface area contributed by atoms with E-state index in [1.165, 1.54) is 64.2 Å². The van der Waals surface area contributed by atoms with Gasteiger partial charge in [-0.25, -0.2) is 0 Å². The van der Waals surface area contributed by atoms with Gasteiger partial charge in [0.2, 0.25) is 0 Å². The molecule has 0 aliphatic heterocycles. The normalized spacial score (nSPS) is 12.1. The molecule has 0 N–H and O–H groups in total. The molecule has 0 radical (unpaired) electrons. The number of para-hydroxylation sites is 1. The van der Waals surface area contributed by atoms with Gasteiger partial charge in [0.25, 0.3) is 0 Å². The van der Waals surface area contributed by atoms with E-state index in [4.69, 9.17) is 4.74 Å². The zero-order valence-corrected chi connectivity index (χ0v) is 15.4. The number of hydrogen-bond donors (Lipinski definition) is 0. The first-order chi connectivity index (χ1) is 11.3. The van der Waals surface area contributed by atoms with Gasteiger partial charge in [-0.3, -0.25) is 0 Å². The summed E-state index contributed by atoms with van der Waals surface area (Å²) in [5, 5.41) is 0. The second-order valence-corrected chi connectivity index (χ2v) is 6.64. The highest BCUT2D eigenvalue weighted by atomic mass is 16.5. The van der Waals surface area contributed by atoms with Crippen LogP contribution in [0.15, 0.2) is 30.8 Å². The average molecular weight is 317 g/mol. The molecule has 0 aliphatic rings. The van der Waals surface area contributed by atoms with E-state index in [0.29, 0.717) is 0 Å². The monoisotopic (exact) mass is 316 g/mol. The maximum absolute atomic E-state index is 6.05. The molecule has 130 valence electrons. The molecule has 0 saturated heterocycles. The fourth-order valence-electron chi connectivity index (χ4n) is 2.95. The van der Waals surface area contributed by atoms with Gasteiger partial charge < -0.3 is 4.74 Å². The second-order valence-electron chi connectivity index (χ2n) is 6.64.